The van der Waals surface area contributed by atoms with Gasteiger partial charge in [0.25, 0.3) is 0 Å². The van der Waals surface area contributed by atoms with Crippen LogP contribution in [0.1, 0.15) is 46.0 Å². The summed E-state index contributed by atoms with van der Waals surface area (Å²) in [6, 6.07) is 0. The Balaban J connectivity index is 1.97. The molecule has 0 aromatic heterocycles. The first-order chi connectivity index (χ1) is 6.36. The summed E-state index contributed by atoms with van der Waals surface area (Å²) in [5.74, 6) is 3.99. The fraction of sp³-hybridized carbons (Fsp3) is 0.846. The number of hydrogen-bond acceptors (Lipinski definition) is 0. The molecule has 0 amide bonds. The molecule has 0 saturated heterocycles. The predicted molar refractivity (Wildman–Crippen MR) is 57.5 cm³/mol. The SMILES string of the molecule is CCCCC1C2C=CC(C2)C1CC. The van der Waals surface area contributed by atoms with Gasteiger partial charge in [-0.15, -0.1) is 0 Å². The highest BCUT2D eigenvalue weighted by Crippen LogP contribution is 2.51. The highest BCUT2D eigenvalue weighted by molar-refractivity contribution is 5.13. The Morgan fingerprint density at radius 1 is 1.08 bits per heavy atom. The molecular formula is C13H22. The number of hydrogen-bond donors (Lipinski definition) is 0. The van der Waals surface area contributed by atoms with Crippen molar-refractivity contribution >= 4 is 0 Å². The first kappa shape index (κ1) is 9.30. The molecule has 0 heteroatoms. The summed E-state index contributed by atoms with van der Waals surface area (Å²) in [5, 5.41) is 0. The van der Waals surface area contributed by atoms with Crippen molar-refractivity contribution in [3.05, 3.63) is 12.2 Å². The lowest BCUT2D eigenvalue weighted by Gasteiger charge is -2.26. The number of unbranched alkanes of at least 4 members (excludes halogenated alkanes) is 1. The topological polar surface area (TPSA) is 0 Å². The van der Waals surface area contributed by atoms with Gasteiger partial charge in [0.2, 0.25) is 0 Å². The maximum absolute atomic E-state index is 2.50. The second-order valence-electron chi connectivity index (χ2n) is 4.83. The van der Waals surface area contributed by atoms with Crippen LogP contribution in [0.25, 0.3) is 0 Å². The van der Waals surface area contributed by atoms with Gasteiger partial charge < -0.3 is 0 Å². The zero-order valence-electron chi connectivity index (χ0n) is 9.00. The van der Waals surface area contributed by atoms with Gasteiger partial charge in [-0.1, -0.05) is 45.3 Å². The Bertz CT molecular complexity index is 192. The third-order valence-electron chi connectivity index (χ3n) is 4.16. The highest BCUT2D eigenvalue weighted by atomic mass is 14.5. The van der Waals surface area contributed by atoms with Crippen LogP contribution < -0.4 is 0 Å². The van der Waals surface area contributed by atoms with E-state index in [4.69, 9.17) is 0 Å². The van der Waals surface area contributed by atoms with Crippen LogP contribution in [0, 0.1) is 23.7 Å². The summed E-state index contributed by atoms with van der Waals surface area (Å²) in [6.07, 6.45) is 12.2. The third-order valence-corrected chi connectivity index (χ3v) is 4.16. The van der Waals surface area contributed by atoms with Crippen LogP contribution >= 0.6 is 0 Å². The lowest BCUT2D eigenvalue weighted by molar-refractivity contribution is 0.277. The molecule has 0 nitrogen and oxygen atoms in total. The molecule has 74 valence electrons. The Morgan fingerprint density at radius 3 is 2.38 bits per heavy atom. The van der Waals surface area contributed by atoms with E-state index in [1.165, 1.54) is 32.1 Å². The molecule has 2 aliphatic carbocycles. The molecule has 0 aromatic rings. The largest absolute Gasteiger partial charge is 0.0848 e. The van der Waals surface area contributed by atoms with Gasteiger partial charge in [-0.2, -0.15) is 0 Å². The van der Waals surface area contributed by atoms with Gasteiger partial charge in [0.15, 0.2) is 0 Å². The van der Waals surface area contributed by atoms with E-state index in [-0.39, 0.29) is 0 Å². The molecule has 1 fully saturated rings. The molecule has 4 unspecified atom stereocenters. The molecule has 1 saturated carbocycles. The van der Waals surface area contributed by atoms with Crippen molar-refractivity contribution in [3.63, 3.8) is 0 Å². The summed E-state index contributed by atoms with van der Waals surface area (Å²) >= 11 is 0. The molecule has 0 radical (unpaired) electrons. The van der Waals surface area contributed by atoms with Gasteiger partial charge in [-0.25, -0.2) is 0 Å². The van der Waals surface area contributed by atoms with Gasteiger partial charge in [-0.05, 0) is 36.5 Å². The summed E-state index contributed by atoms with van der Waals surface area (Å²) in [7, 11) is 0. The van der Waals surface area contributed by atoms with Crippen molar-refractivity contribution in [2.75, 3.05) is 0 Å². The van der Waals surface area contributed by atoms with Gasteiger partial charge in [0.05, 0.1) is 0 Å². The monoisotopic (exact) mass is 178 g/mol. The second-order valence-corrected chi connectivity index (χ2v) is 4.83. The molecule has 0 spiro atoms. The number of allylic oxidation sites excluding steroid dienone is 2. The minimum absolute atomic E-state index is 0.955. The quantitative estimate of drug-likeness (QED) is 0.570. The third kappa shape index (κ3) is 1.56. The smallest absolute Gasteiger partial charge is 0.0196 e. The molecule has 0 aliphatic heterocycles. The van der Waals surface area contributed by atoms with E-state index >= 15 is 0 Å². The zero-order chi connectivity index (χ0) is 9.26. The van der Waals surface area contributed by atoms with Crippen LogP contribution in [0.15, 0.2) is 12.2 Å². The fourth-order valence-corrected chi connectivity index (χ4v) is 3.50. The fourth-order valence-electron chi connectivity index (χ4n) is 3.50. The highest BCUT2D eigenvalue weighted by Gasteiger charge is 2.42. The normalized spacial score (nSPS) is 41.7. The van der Waals surface area contributed by atoms with Gasteiger partial charge in [0, 0.05) is 0 Å². The Hall–Kier alpha value is -0.260. The average Bonchev–Trinajstić information content (AvgIpc) is 2.73. The van der Waals surface area contributed by atoms with Crippen LogP contribution in [-0.2, 0) is 0 Å². The van der Waals surface area contributed by atoms with Crippen LogP contribution in [-0.4, -0.2) is 0 Å². The molecule has 0 heterocycles. The predicted octanol–water partition coefficient (Wildman–Crippen LogP) is 4.02. The van der Waals surface area contributed by atoms with E-state index in [1.54, 1.807) is 0 Å². The lowest BCUT2D eigenvalue weighted by atomic mass is 9.79. The summed E-state index contributed by atoms with van der Waals surface area (Å²) in [4.78, 5) is 0. The van der Waals surface area contributed by atoms with Gasteiger partial charge in [0.1, 0.15) is 0 Å². The van der Waals surface area contributed by atoms with Crippen LogP contribution in [0.2, 0.25) is 0 Å². The zero-order valence-corrected chi connectivity index (χ0v) is 9.00. The van der Waals surface area contributed by atoms with Gasteiger partial charge >= 0.3 is 0 Å². The molecule has 2 bridgehead atoms. The second kappa shape index (κ2) is 3.86. The van der Waals surface area contributed by atoms with E-state index < -0.39 is 0 Å². The summed E-state index contributed by atoms with van der Waals surface area (Å²) < 4.78 is 0. The Labute approximate surface area is 82.4 Å². The number of rotatable bonds is 4. The van der Waals surface area contributed by atoms with E-state index in [0.29, 0.717) is 0 Å². The molecule has 2 aliphatic rings. The first-order valence-corrected chi connectivity index (χ1v) is 6.05. The minimum atomic E-state index is 0.955. The lowest BCUT2D eigenvalue weighted by Crippen LogP contribution is -2.18. The molecule has 0 N–H and O–H groups in total. The molecule has 13 heavy (non-hydrogen) atoms. The van der Waals surface area contributed by atoms with Crippen molar-refractivity contribution in [3.8, 4) is 0 Å². The van der Waals surface area contributed by atoms with E-state index in [1.807, 2.05) is 0 Å². The maximum Gasteiger partial charge on any atom is -0.0196 e. The van der Waals surface area contributed by atoms with Crippen molar-refractivity contribution in [2.24, 2.45) is 23.7 Å². The van der Waals surface area contributed by atoms with Crippen LogP contribution in [0.5, 0.6) is 0 Å². The van der Waals surface area contributed by atoms with Crippen molar-refractivity contribution < 1.29 is 0 Å². The van der Waals surface area contributed by atoms with E-state index in [2.05, 4.69) is 26.0 Å². The first-order valence-electron chi connectivity index (χ1n) is 6.05. The van der Waals surface area contributed by atoms with E-state index in [0.717, 1.165) is 23.7 Å². The standard InChI is InChI=1S/C13H22/c1-3-5-6-13-11-8-7-10(9-11)12(13)4-2/h7-8,10-13H,3-6,9H2,1-2H3. The average molecular weight is 178 g/mol. The van der Waals surface area contributed by atoms with Crippen molar-refractivity contribution in [2.45, 2.75) is 46.0 Å². The number of fused-ring (bicyclic) bond motifs is 2. The van der Waals surface area contributed by atoms with Crippen molar-refractivity contribution in [1.29, 1.82) is 0 Å². The van der Waals surface area contributed by atoms with Crippen molar-refractivity contribution in [1.82, 2.24) is 0 Å². The summed E-state index contributed by atoms with van der Waals surface area (Å²) in [5.41, 5.74) is 0. The van der Waals surface area contributed by atoms with Gasteiger partial charge in [-0.3, -0.25) is 0 Å². The molecule has 2 rings (SSSR count). The van der Waals surface area contributed by atoms with E-state index in [9.17, 15) is 0 Å². The Morgan fingerprint density at radius 2 is 1.77 bits per heavy atom. The summed E-state index contributed by atoms with van der Waals surface area (Å²) in [6.45, 7) is 4.68. The minimum Gasteiger partial charge on any atom is -0.0848 e. The molecule has 0 aromatic carbocycles. The maximum atomic E-state index is 2.50. The molecule has 4 atom stereocenters. The van der Waals surface area contributed by atoms with Crippen LogP contribution in [0.4, 0.5) is 0 Å². The molecular weight excluding hydrogens is 156 g/mol. The Kier molecular flexibility index (Phi) is 2.76. The van der Waals surface area contributed by atoms with Crippen LogP contribution in [0.3, 0.4) is 0 Å².